The lowest BCUT2D eigenvalue weighted by atomic mass is 10.1. The first-order chi connectivity index (χ1) is 12.0. The number of amides is 2. The molecule has 2 N–H and O–H groups in total. The molecule has 1 aliphatic heterocycles. The van der Waals surface area contributed by atoms with Crippen molar-refractivity contribution in [1.82, 2.24) is 10.2 Å². The Bertz CT molecular complexity index is 692. The van der Waals surface area contributed by atoms with Crippen LogP contribution in [0.1, 0.15) is 35.2 Å². The summed E-state index contributed by atoms with van der Waals surface area (Å²) >= 11 is 1.39. The third-order valence-electron chi connectivity index (χ3n) is 4.03. The van der Waals surface area contributed by atoms with Crippen LogP contribution >= 0.6 is 11.8 Å². The number of fused-ring (bicyclic) bond motifs is 1. The average Bonchev–Trinajstić information content (AvgIpc) is 2.93. The van der Waals surface area contributed by atoms with Crippen molar-refractivity contribution in [2.75, 3.05) is 12.8 Å². The van der Waals surface area contributed by atoms with Crippen LogP contribution in [-0.4, -0.2) is 52.9 Å². The van der Waals surface area contributed by atoms with Crippen molar-refractivity contribution < 1.29 is 24.3 Å². The minimum Gasteiger partial charge on any atom is -0.481 e. The van der Waals surface area contributed by atoms with Gasteiger partial charge in [0, 0.05) is 36.2 Å². The molecule has 7 nitrogen and oxygen atoms in total. The van der Waals surface area contributed by atoms with E-state index in [0.29, 0.717) is 24.1 Å². The molecule has 0 spiro atoms. The van der Waals surface area contributed by atoms with E-state index in [1.54, 1.807) is 12.1 Å². The monoisotopic (exact) mass is 364 g/mol. The Hall–Kier alpha value is -2.35. The Morgan fingerprint density at radius 2 is 2.16 bits per heavy atom. The van der Waals surface area contributed by atoms with Gasteiger partial charge in [-0.2, -0.15) is 0 Å². The van der Waals surface area contributed by atoms with Gasteiger partial charge in [0.25, 0.3) is 5.91 Å². The van der Waals surface area contributed by atoms with Gasteiger partial charge in [0.2, 0.25) is 5.91 Å². The van der Waals surface area contributed by atoms with E-state index in [0.717, 1.165) is 10.5 Å². The predicted octanol–water partition coefficient (Wildman–Crippen LogP) is 1.30. The summed E-state index contributed by atoms with van der Waals surface area (Å²) in [4.78, 5) is 48.4. The fraction of sp³-hybridized carbons (Fsp3) is 0.412. The van der Waals surface area contributed by atoms with E-state index < -0.39 is 12.0 Å². The second-order valence-electron chi connectivity index (χ2n) is 5.62. The molecule has 0 aromatic heterocycles. The summed E-state index contributed by atoms with van der Waals surface area (Å²) in [7, 11) is 1.52. The SMILES string of the molecule is CNC(=O)CCC(C=O)N1Cc2c(SCCC(=O)O)cccc2C1=O. The maximum absolute atomic E-state index is 12.6. The summed E-state index contributed by atoms with van der Waals surface area (Å²) in [5, 5.41) is 11.2. The Kier molecular flexibility index (Phi) is 6.58. The summed E-state index contributed by atoms with van der Waals surface area (Å²) in [6, 6.07) is 4.65. The molecule has 0 radical (unpaired) electrons. The number of aldehydes is 1. The molecular formula is C17H20N2O5S. The average molecular weight is 364 g/mol. The number of carboxylic acids is 1. The number of thioether (sulfide) groups is 1. The molecule has 1 heterocycles. The Labute approximate surface area is 149 Å². The molecule has 1 unspecified atom stereocenters. The lowest BCUT2D eigenvalue weighted by molar-refractivity contribution is -0.136. The highest BCUT2D eigenvalue weighted by Crippen LogP contribution is 2.33. The molecule has 0 saturated heterocycles. The summed E-state index contributed by atoms with van der Waals surface area (Å²) < 4.78 is 0. The van der Waals surface area contributed by atoms with Crippen LogP contribution in [-0.2, 0) is 20.9 Å². The predicted molar refractivity (Wildman–Crippen MR) is 92.4 cm³/mol. The molecule has 0 fully saturated rings. The van der Waals surface area contributed by atoms with Crippen LogP contribution in [0.5, 0.6) is 0 Å². The van der Waals surface area contributed by atoms with Crippen molar-refractivity contribution in [3.05, 3.63) is 29.3 Å². The van der Waals surface area contributed by atoms with Crippen molar-refractivity contribution >= 4 is 35.8 Å². The van der Waals surface area contributed by atoms with Crippen LogP contribution < -0.4 is 5.32 Å². The number of carboxylic acid groups (broad SMARTS) is 1. The first kappa shape index (κ1) is 19.0. The van der Waals surface area contributed by atoms with Crippen molar-refractivity contribution in [2.45, 2.75) is 36.7 Å². The third kappa shape index (κ3) is 4.60. The highest BCUT2D eigenvalue weighted by molar-refractivity contribution is 7.99. The van der Waals surface area contributed by atoms with Gasteiger partial charge in [-0.25, -0.2) is 0 Å². The van der Waals surface area contributed by atoms with Crippen molar-refractivity contribution in [2.24, 2.45) is 0 Å². The van der Waals surface area contributed by atoms with Gasteiger partial charge in [0.15, 0.2) is 0 Å². The smallest absolute Gasteiger partial charge is 0.304 e. The Balaban J connectivity index is 2.11. The molecule has 25 heavy (non-hydrogen) atoms. The highest BCUT2D eigenvalue weighted by atomic mass is 32.2. The molecule has 0 aliphatic carbocycles. The second kappa shape index (κ2) is 8.66. The van der Waals surface area contributed by atoms with Gasteiger partial charge in [-0.15, -0.1) is 11.8 Å². The number of aliphatic carboxylic acids is 1. The Morgan fingerprint density at radius 3 is 2.80 bits per heavy atom. The van der Waals surface area contributed by atoms with Gasteiger partial charge < -0.3 is 20.1 Å². The molecular weight excluding hydrogens is 344 g/mol. The van der Waals surface area contributed by atoms with E-state index in [2.05, 4.69) is 5.32 Å². The largest absolute Gasteiger partial charge is 0.481 e. The van der Waals surface area contributed by atoms with Gasteiger partial charge in [0.05, 0.1) is 12.5 Å². The van der Waals surface area contributed by atoms with E-state index in [-0.39, 0.29) is 31.1 Å². The van der Waals surface area contributed by atoms with Gasteiger partial charge in [-0.3, -0.25) is 14.4 Å². The molecule has 1 atom stereocenters. The van der Waals surface area contributed by atoms with Crippen LogP contribution in [0.2, 0.25) is 0 Å². The minimum atomic E-state index is -0.868. The molecule has 134 valence electrons. The topological polar surface area (TPSA) is 104 Å². The van der Waals surface area contributed by atoms with Crippen molar-refractivity contribution in [3.8, 4) is 0 Å². The first-order valence-electron chi connectivity index (χ1n) is 7.91. The van der Waals surface area contributed by atoms with Crippen LogP contribution in [0, 0.1) is 0 Å². The summed E-state index contributed by atoms with van der Waals surface area (Å²) in [5.74, 6) is -0.869. The summed E-state index contributed by atoms with van der Waals surface area (Å²) in [6.07, 6.45) is 1.17. The zero-order valence-electron chi connectivity index (χ0n) is 13.9. The third-order valence-corrected chi connectivity index (χ3v) is 5.13. The van der Waals surface area contributed by atoms with Crippen molar-refractivity contribution in [3.63, 3.8) is 0 Å². The van der Waals surface area contributed by atoms with E-state index >= 15 is 0 Å². The quantitative estimate of drug-likeness (QED) is 0.506. The standard InChI is InChI=1S/C17H20N2O5S/c1-18-15(21)6-5-11(10-20)19-9-13-12(17(19)24)3-2-4-14(13)25-8-7-16(22)23/h2-4,10-11H,5-9H2,1H3,(H,18,21)(H,22,23). The molecule has 8 heteroatoms. The van der Waals surface area contributed by atoms with E-state index in [1.807, 2.05) is 6.07 Å². The number of carbonyl (C=O) groups excluding carboxylic acids is 3. The maximum atomic E-state index is 12.6. The number of rotatable bonds is 9. The molecule has 0 bridgehead atoms. The molecule has 1 aliphatic rings. The zero-order chi connectivity index (χ0) is 18.4. The van der Waals surface area contributed by atoms with Gasteiger partial charge in [-0.05, 0) is 24.1 Å². The minimum absolute atomic E-state index is 0.0368. The molecule has 1 aromatic carbocycles. The normalized spacial score (nSPS) is 14.1. The van der Waals surface area contributed by atoms with Crippen LogP contribution in [0.4, 0.5) is 0 Å². The maximum Gasteiger partial charge on any atom is 0.304 e. The second-order valence-corrected chi connectivity index (χ2v) is 6.76. The molecule has 2 rings (SSSR count). The van der Waals surface area contributed by atoms with Crippen LogP contribution in [0.25, 0.3) is 0 Å². The lowest BCUT2D eigenvalue weighted by Crippen LogP contribution is -2.37. The van der Waals surface area contributed by atoms with E-state index in [4.69, 9.17) is 5.11 Å². The number of hydrogen-bond donors (Lipinski definition) is 2. The first-order valence-corrected chi connectivity index (χ1v) is 8.89. The highest BCUT2D eigenvalue weighted by Gasteiger charge is 2.34. The van der Waals surface area contributed by atoms with Gasteiger partial charge >= 0.3 is 5.97 Å². The summed E-state index contributed by atoms with van der Waals surface area (Å²) in [5.41, 5.74) is 1.35. The number of hydrogen-bond acceptors (Lipinski definition) is 5. The fourth-order valence-corrected chi connectivity index (χ4v) is 3.70. The van der Waals surface area contributed by atoms with Crippen molar-refractivity contribution in [1.29, 1.82) is 0 Å². The number of nitrogens with zero attached hydrogens (tertiary/aromatic N) is 1. The van der Waals surface area contributed by atoms with Gasteiger partial charge in [-0.1, -0.05) is 6.07 Å². The summed E-state index contributed by atoms with van der Waals surface area (Å²) in [6.45, 7) is 0.293. The fourth-order valence-electron chi connectivity index (χ4n) is 2.68. The van der Waals surface area contributed by atoms with Crippen LogP contribution in [0.3, 0.4) is 0 Å². The number of carbonyl (C=O) groups is 4. The molecule has 1 aromatic rings. The number of nitrogens with one attached hydrogen (secondary N) is 1. The Morgan fingerprint density at radius 1 is 1.40 bits per heavy atom. The number of benzene rings is 1. The zero-order valence-corrected chi connectivity index (χ0v) is 14.7. The van der Waals surface area contributed by atoms with E-state index in [1.165, 1.54) is 23.7 Å². The lowest BCUT2D eigenvalue weighted by Gasteiger charge is -2.22. The van der Waals surface area contributed by atoms with Gasteiger partial charge in [0.1, 0.15) is 6.29 Å². The molecule has 0 saturated carbocycles. The molecule has 2 amide bonds. The van der Waals surface area contributed by atoms with Crippen LogP contribution in [0.15, 0.2) is 23.1 Å². The van der Waals surface area contributed by atoms with E-state index in [9.17, 15) is 19.2 Å².